The van der Waals surface area contributed by atoms with E-state index in [9.17, 15) is 23.1 Å². The SMILES string of the molecule is C[C@@H]([C@H](O)c1ccccc1)N(C)C(=O)C(F)(F)F. The molecule has 0 unspecified atom stereocenters. The fourth-order valence-electron chi connectivity index (χ4n) is 1.53. The van der Waals surface area contributed by atoms with Gasteiger partial charge in [-0.05, 0) is 12.5 Å². The topological polar surface area (TPSA) is 40.5 Å². The van der Waals surface area contributed by atoms with E-state index in [1.165, 1.54) is 6.92 Å². The highest BCUT2D eigenvalue weighted by atomic mass is 19.4. The third-order valence-electron chi connectivity index (χ3n) is 2.77. The van der Waals surface area contributed by atoms with Crippen LogP contribution in [0.3, 0.4) is 0 Å². The predicted molar refractivity (Wildman–Crippen MR) is 59.7 cm³/mol. The summed E-state index contributed by atoms with van der Waals surface area (Å²) in [6.45, 7) is 1.36. The quantitative estimate of drug-likeness (QED) is 0.905. The first-order valence-corrected chi connectivity index (χ1v) is 5.32. The van der Waals surface area contributed by atoms with Crippen LogP contribution in [0.25, 0.3) is 0 Å². The number of hydrogen-bond donors (Lipinski definition) is 1. The van der Waals surface area contributed by atoms with Gasteiger partial charge in [0.25, 0.3) is 0 Å². The van der Waals surface area contributed by atoms with Crippen molar-refractivity contribution in [3.63, 3.8) is 0 Å². The predicted octanol–water partition coefficient (Wildman–Crippen LogP) is 2.13. The van der Waals surface area contributed by atoms with Gasteiger partial charge in [-0.1, -0.05) is 30.3 Å². The molecule has 1 aromatic rings. The van der Waals surface area contributed by atoms with E-state index >= 15 is 0 Å². The van der Waals surface area contributed by atoms with Crippen molar-refractivity contribution < 1.29 is 23.1 Å². The Balaban J connectivity index is 2.82. The molecule has 0 aliphatic heterocycles. The zero-order valence-electron chi connectivity index (χ0n) is 9.98. The number of aliphatic hydroxyl groups excluding tert-OH is 1. The van der Waals surface area contributed by atoms with Gasteiger partial charge in [-0.25, -0.2) is 0 Å². The van der Waals surface area contributed by atoms with Gasteiger partial charge in [-0.15, -0.1) is 0 Å². The van der Waals surface area contributed by atoms with Gasteiger partial charge >= 0.3 is 12.1 Å². The lowest BCUT2D eigenvalue weighted by molar-refractivity contribution is -0.187. The Morgan fingerprint density at radius 1 is 1.28 bits per heavy atom. The normalized spacial score (nSPS) is 15.0. The van der Waals surface area contributed by atoms with Gasteiger partial charge < -0.3 is 10.0 Å². The summed E-state index contributed by atoms with van der Waals surface area (Å²) in [7, 11) is 1.02. The Morgan fingerprint density at radius 2 is 1.78 bits per heavy atom. The molecule has 0 radical (unpaired) electrons. The van der Waals surface area contributed by atoms with Gasteiger partial charge in [-0.2, -0.15) is 13.2 Å². The fraction of sp³-hybridized carbons (Fsp3) is 0.417. The molecular weight excluding hydrogens is 247 g/mol. The molecule has 0 bridgehead atoms. The number of alkyl halides is 3. The number of nitrogens with zero attached hydrogens (tertiary/aromatic N) is 1. The lowest BCUT2D eigenvalue weighted by Crippen LogP contribution is -2.45. The van der Waals surface area contributed by atoms with Gasteiger partial charge in [-0.3, -0.25) is 4.79 Å². The van der Waals surface area contributed by atoms with Gasteiger partial charge in [0.05, 0.1) is 12.1 Å². The number of amides is 1. The summed E-state index contributed by atoms with van der Waals surface area (Å²) in [5, 5.41) is 9.91. The van der Waals surface area contributed by atoms with Gasteiger partial charge in [0.1, 0.15) is 0 Å². The highest BCUT2D eigenvalue weighted by Gasteiger charge is 2.43. The third kappa shape index (κ3) is 3.22. The summed E-state index contributed by atoms with van der Waals surface area (Å²) in [4.78, 5) is 11.5. The fourth-order valence-corrected chi connectivity index (χ4v) is 1.53. The van der Waals surface area contributed by atoms with E-state index in [1.807, 2.05) is 0 Å². The highest BCUT2D eigenvalue weighted by molar-refractivity contribution is 5.81. The molecule has 0 aliphatic carbocycles. The Kier molecular flexibility index (Phi) is 4.34. The minimum absolute atomic E-state index is 0.465. The molecule has 1 amide bonds. The van der Waals surface area contributed by atoms with Crippen LogP contribution in [0.15, 0.2) is 30.3 Å². The number of aliphatic hydroxyl groups is 1. The molecule has 0 spiro atoms. The molecule has 1 rings (SSSR count). The lowest BCUT2D eigenvalue weighted by Gasteiger charge is -2.29. The van der Waals surface area contributed by atoms with Crippen molar-refractivity contribution >= 4 is 5.91 Å². The Labute approximate surface area is 103 Å². The van der Waals surface area contributed by atoms with Crippen LogP contribution >= 0.6 is 0 Å². The first-order chi connectivity index (χ1) is 8.25. The van der Waals surface area contributed by atoms with Crippen LogP contribution in [0, 0.1) is 0 Å². The Morgan fingerprint density at radius 3 is 2.22 bits per heavy atom. The molecule has 0 aromatic heterocycles. The highest BCUT2D eigenvalue weighted by Crippen LogP contribution is 2.24. The van der Waals surface area contributed by atoms with Gasteiger partial charge in [0.2, 0.25) is 0 Å². The minimum Gasteiger partial charge on any atom is -0.386 e. The lowest BCUT2D eigenvalue weighted by atomic mass is 10.0. The molecule has 0 aliphatic rings. The van der Waals surface area contributed by atoms with Crippen LogP contribution in [0.5, 0.6) is 0 Å². The van der Waals surface area contributed by atoms with Crippen molar-refractivity contribution in [3.8, 4) is 0 Å². The molecular formula is C12H14F3NO2. The summed E-state index contributed by atoms with van der Waals surface area (Å²) in [5.74, 6) is -1.97. The molecule has 3 nitrogen and oxygen atoms in total. The summed E-state index contributed by atoms with van der Waals surface area (Å²) in [6.07, 6.45) is -6.10. The van der Waals surface area contributed by atoms with E-state index in [0.717, 1.165) is 7.05 Å². The number of rotatable bonds is 3. The van der Waals surface area contributed by atoms with E-state index in [-0.39, 0.29) is 0 Å². The molecule has 0 saturated carbocycles. The molecule has 1 N–H and O–H groups in total. The van der Waals surface area contributed by atoms with Crippen molar-refractivity contribution in [2.24, 2.45) is 0 Å². The summed E-state index contributed by atoms with van der Waals surface area (Å²) in [5.41, 5.74) is 0.465. The zero-order valence-corrected chi connectivity index (χ0v) is 9.98. The number of hydrogen-bond acceptors (Lipinski definition) is 2. The van der Waals surface area contributed by atoms with E-state index in [0.29, 0.717) is 10.5 Å². The largest absolute Gasteiger partial charge is 0.471 e. The molecule has 2 atom stereocenters. The monoisotopic (exact) mass is 261 g/mol. The van der Waals surface area contributed by atoms with Gasteiger partial charge in [0, 0.05) is 7.05 Å². The van der Waals surface area contributed by atoms with E-state index in [4.69, 9.17) is 0 Å². The molecule has 0 heterocycles. The average Bonchev–Trinajstić information content (AvgIpc) is 2.35. The van der Waals surface area contributed by atoms with E-state index < -0.39 is 24.2 Å². The van der Waals surface area contributed by atoms with Crippen molar-refractivity contribution in [1.82, 2.24) is 4.90 Å². The minimum atomic E-state index is -4.93. The number of likely N-dealkylation sites (N-methyl/N-ethyl adjacent to an activating group) is 1. The molecule has 100 valence electrons. The molecule has 0 saturated heterocycles. The molecule has 1 aromatic carbocycles. The van der Waals surface area contributed by atoms with Gasteiger partial charge in [0.15, 0.2) is 0 Å². The van der Waals surface area contributed by atoms with Crippen LogP contribution in [0.4, 0.5) is 13.2 Å². The molecule has 0 fully saturated rings. The smallest absolute Gasteiger partial charge is 0.386 e. The number of carbonyl (C=O) groups excluding carboxylic acids is 1. The number of halogens is 3. The second-order valence-electron chi connectivity index (χ2n) is 4.01. The Bertz CT molecular complexity index is 406. The summed E-state index contributed by atoms with van der Waals surface area (Å²) < 4.78 is 36.8. The first-order valence-electron chi connectivity index (χ1n) is 5.32. The van der Waals surface area contributed by atoms with Crippen LogP contribution in [-0.4, -0.2) is 35.2 Å². The second-order valence-corrected chi connectivity index (χ2v) is 4.01. The third-order valence-corrected chi connectivity index (χ3v) is 2.77. The summed E-state index contributed by atoms with van der Waals surface area (Å²) >= 11 is 0. The van der Waals surface area contributed by atoms with Crippen molar-refractivity contribution in [2.45, 2.75) is 25.2 Å². The zero-order chi connectivity index (χ0) is 13.9. The summed E-state index contributed by atoms with van der Waals surface area (Å²) in [6, 6.07) is 7.26. The van der Waals surface area contributed by atoms with Crippen LogP contribution in [0.2, 0.25) is 0 Å². The standard InChI is InChI=1S/C12H14F3NO2/c1-8(16(2)11(18)12(13,14)15)10(17)9-6-4-3-5-7-9/h3-8,10,17H,1-2H3/t8-,10-/m0/s1. The number of benzene rings is 1. The van der Waals surface area contributed by atoms with Crippen molar-refractivity contribution in [1.29, 1.82) is 0 Å². The van der Waals surface area contributed by atoms with Crippen molar-refractivity contribution in [2.75, 3.05) is 7.05 Å². The molecule has 18 heavy (non-hydrogen) atoms. The second kappa shape index (κ2) is 5.39. The maximum Gasteiger partial charge on any atom is 0.471 e. The maximum atomic E-state index is 12.3. The maximum absolute atomic E-state index is 12.3. The van der Waals surface area contributed by atoms with Crippen molar-refractivity contribution in [3.05, 3.63) is 35.9 Å². The number of carbonyl (C=O) groups is 1. The Hall–Kier alpha value is -1.56. The van der Waals surface area contributed by atoms with Crippen LogP contribution in [-0.2, 0) is 4.79 Å². The van der Waals surface area contributed by atoms with E-state index in [1.54, 1.807) is 30.3 Å². The van der Waals surface area contributed by atoms with E-state index in [2.05, 4.69) is 0 Å². The average molecular weight is 261 g/mol. The van der Waals surface area contributed by atoms with Crippen LogP contribution in [0.1, 0.15) is 18.6 Å². The first kappa shape index (κ1) is 14.5. The molecule has 6 heteroatoms. The van der Waals surface area contributed by atoms with Crippen LogP contribution < -0.4 is 0 Å².